The van der Waals surface area contributed by atoms with Crippen molar-refractivity contribution in [2.24, 2.45) is 11.7 Å². The number of rotatable bonds is 6. The van der Waals surface area contributed by atoms with Gasteiger partial charge < -0.3 is 16.0 Å². The summed E-state index contributed by atoms with van der Waals surface area (Å²) in [6.07, 6.45) is 4.04. The van der Waals surface area contributed by atoms with Crippen molar-refractivity contribution in [2.75, 3.05) is 6.54 Å². The molecule has 0 spiro atoms. The minimum Gasteiger partial charge on any atom is -0.328 e. The van der Waals surface area contributed by atoms with E-state index in [0.29, 0.717) is 31.1 Å². The van der Waals surface area contributed by atoms with E-state index in [2.05, 4.69) is 10.6 Å². The normalized spacial score (nSPS) is 27.4. The number of hydrogen-bond donors (Lipinski definition) is 3. The van der Waals surface area contributed by atoms with Crippen molar-refractivity contribution < 1.29 is 14.4 Å². The summed E-state index contributed by atoms with van der Waals surface area (Å²) >= 11 is 0. The highest BCUT2D eigenvalue weighted by Gasteiger charge is 2.39. The highest BCUT2D eigenvalue weighted by molar-refractivity contribution is 6.05. The van der Waals surface area contributed by atoms with Crippen molar-refractivity contribution in [3.8, 4) is 0 Å². The number of amides is 3. The van der Waals surface area contributed by atoms with Crippen LogP contribution in [0.25, 0.3) is 0 Å². The molecule has 0 radical (unpaired) electrons. The molecule has 1 aliphatic carbocycles. The number of nitrogens with one attached hydrogen (secondary N) is 2. The van der Waals surface area contributed by atoms with Crippen LogP contribution in [0.15, 0.2) is 18.2 Å². The maximum absolute atomic E-state index is 12.8. The van der Waals surface area contributed by atoms with Gasteiger partial charge in [0.05, 0.1) is 0 Å². The van der Waals surface area contributed by atoms with Gasteiger partial charge in [-0.1, -0.05) is 12.1 Å². The Labute approximate surface area is 158 Å². The molecule has 7 nitrogen and oxygen atoms in total. The van der Waals surface area contributed by atoms with E-state index in [1.54, 1.807) is 4.90 Å². The molecule has 2 heterocycles. The van der Waals surface area contributed by atoms with Crippen LogP contribution in [-0.4, -0.2) is 41.2 Å². The zero-order valence-electron chi connectivity index (χ0n) is 15.4. The second-order valence-corrected chi connectivity index (χ2v) is 7.91. The standard InChI is InChI=1S/C20H26N4O3/c21-14-8-12(9-14)6-7-22-10-13-2-1-3-15-16(13)11-24(20(15)27)17-4-5-18(25)23-19(17)26/h1-3,12,14,17,22H,4-11,21H2,(H,23,25,26). The molecule has 1 saturated heterocycles. The second-order valence-electron chi connectivity index (χ2n) is 7.91. The van der Waals surface area contributed by atoms with Gasteiger partial charge in [0.1, 0.15) is 6.04 Å². The summed E-state index contributed by atoms with van der Waals surface area (Å²) in [5.41, 5.74) is 8.59. The fraction of sp³-hybridized carbons (Fsp3) is 0.550. The summed E-state index contributed by atoms with van der Waals surface area (Å²) < 4.78 is 0. The summed E-state index contributed by atoms with van der Waals surface area (Å²) in [6, 6.07) is 5.57. The maximum atomic E-state index is 12.8. The molecule has 1 aromatic rings. The minimum absolute atomic E-state index is 0.121. The topological polar surface area (TPSA) is 105 Å². The Balaban J connectivity index is 1.38. The number of nitrogens with two attached hydrogens (primary N) is 1. The third-order valence-corrected chi connectivity index (χ3v) is 6.00. The molecule has 27 heavy (non-hydrogen) atoms. The van der Waals surface area contributed by atoms with E-state index in [0.717, 1.165) is 42.9 Å². The molecule has 2 fully saturated rings. The number of carbonyl (C=O) groups excluding carboxylic acids is 3. The Morgan fingerprint density at radius 2 is 2.04 bits per heavy atom. The van der Waals surface area contributed by atoms with Gasteiger partial charge >= 0.3 is 0 Å². The van der Waals surface area contributed by atoms with E-state index in [1.807, 2.05) is 18.2 Å². The van der Waals surface area contributed by atoms with Crippen LogP contribution >= 0.6 is 0 Å². The lowest BCUT2D eigenvalue weighted by molar-refractivity contribution is -0.136. The average molecular weight is 370 g/mol. The Hall–Kier alpha value is -2.25. The third kappa shape index (κ3) is 3.61. The first-order chi connectivity index (χ1) is 13.0. The Morgan fingerprint density at radius 1 is 1.22 bits per heavy atom. The predicted octanol–water partition coefficient (Wildman–Crippen LogP) is 0.665. The minimum atomic E-state index is -0.564. The van der Waals surface area contributed by atoms with Crippen LogP contribution in [0.3, 0.4) is 0 Å². The van der Waals surface area contributed by atoms with Gasteiger partial charge in [0, 0.05) is 31.1 Å². The fourth-order valence-corrected chi connectivity index (χ4v) is 4.37. The Morgan fingerprint density at radius 3 is 2.78 bits per heavy atom. The van der Waals surface area contributed by atoms with E-state index in [-0.39, 0.29) is 24.1 Å². The zero-order valence-corrected chi connectivity index (χ0v) is 15.4. The first kappa shape index (κ1) is 18.1. The van der Waals surface area contributed by atoms with Gasteiger partial charge in [-0.15, -0.1) is 0 Å². The summed E-state index contributed by atoms with van der Waals surface area (Å²) in [5.74, 6) is -0.0214. The molecule has 1 unspecified atom stereocenters. The lowest BCUT2D eigenvalue weighted by Crippen LogP contribution is -2.52. The molecule has 1 aromatic carbocycles. The van der Waals surface area contributed by atoms with Crippen molar-refractivity contribution >= 4 is 17.7 Å². The molecule has 3 aliphatic rings. The van der Waals surface area contributed by atoms with Gasteiger partial charge in [0.25, 0.3) is 5.91 Å². The summed E-state index contributed by atoms with van der Waals surface area (Å²) in [4.78, 5) is 37.9. The van der Waals surface area contributed by atoms with E-state index < -0.39 is 6.04 Å². The van der Waals surface area contributed by atoms with Gasteiger partial charge in [0.15, 0.2) is 0 Å². The van der Waals surface area contributed by atoms with E-state index in [4.69, 9.17) is 5.73 Å². The van der Waals surface area contributed by atoms with Crippen LogP contribution < -0.4 is 16.4 Å². The molecule has 2 aliphatic heterocycles. The first-order valence-corrected chi connectivity index (χ1v) is 9.74. The third-order valence-electron chi connectivity index (χ3n) is 6.00. The van der Waals surface area contributed by atoms with Gasteiger partial charge in [-0.25, -0.2) is 0 Å². The highest BCUT2D eigenvalue weighted by atomic mass is 16.2. The quantitative estimate of drug-likeness (QED) is 0.504. The smallest absolute Gasteiger partial charge is 0.255 e. The van der Waals surface area contributed by atoms with Crippen LogP contribution in [0.2, 0.25) is 0 Å². The molecule has 3 amide bonds. The molecule has 0 aromatic heterocycles. The predicted molar refractivity (Wildman–Crippen MR) is 99.5 cm³/mol. The molecule has 4 rings (SSSR count). The number of imide groups is 1. The van der Waals surface area contributed by atoms with Crippen LogP contribution in [0.4, 0.5) is 0 Å². The van der Waals surface area contributed by atoms with Crippen molar-refractivity contribution in [3.63, 3.8) is 0 Å². The molecular weight excluding hydrogens is 344 g/mol. The molecule has 144 valence electrons. The summed E-state index contributed by atoms with van der Waals surface area (Å²) in [6.45, 7) is 2.07. The fourth-order valence-electron chi connectivity index (χ4n) is 4.37. The highest BCUT2D eigenvalue weighted by Crippen LogP contribution is 2.30. The van der Waals surface area contributed by atoms with Crippen LogP contribution in [-0.2, 0) is 22.7 Å². The van der Waals surface area contributed by atoms with E-state index >= 15 is 0 Å². The summed E-state index contributed by atoms with van der Waals surface area (Å²) in [5, 5.41) is 5.82. The van der Waals surface area contributed by atoms with E-state index in [1.165, 1.54) is 0 Å². The molecular formula is C20H26N4O3. The first-order valence-electron chi connectivity index (χ1n) is 9.74. The number of benzene rings is 1. The van der Waals surface area contributed by atoms with Crippen LogP contribution in [0, 0.1) is 5.92 Å². The lowest BCUT2D eigenvalue weighted by atomic mass is 9.79. The number of fused-ring (bicyclic) bond motifs is 1. The molecule has 0 bridgehead atoms. The average Bonchev–Trinajstić information content (AvgIpc) is 2.94. The number of piperidine rings is 1. The van der Waals surface area contributed by atoms with Crippen molar-refractivity contribution in [1.82, 2.24) is 15.5 Å². The van der Waals surface area contributed by atoms with Gasteiger partial charge in [-0.3, -0.25) is 19.7 Å². The van der Waals surface area contributed by atoms with Gasteiger partial charge in [0.2, 0.25) is 11.8 Å². The summed E-state index contributed by atoms with van der Waals surface area (Å²) in [7, 11) is 0. The molecule has 1 atom stereocenters. The van der Waals surface area contributed by atoms with Crippen molar-refractivity contribution in [1.29, 1.82) is 0 Å². The number of carbonyl (C=O) groups is 3. The Kier molecular flexibility index (Phi) is 4.97. The maximum Gasteiger partial charge on any atom is 0.255 e. The SMILES string of the molecule is NC1CC(CCNCc2cccc3c2CN(C2CCC(=O)NC2=O)C3=O)C1. The number of nitrogens with zero attached hydrogens (tertiary/aromatic N) is 1. The van der Waals surface area contributed by atoms with Crippen LogP contribution in [0.5, 0.6) is 0 Å². The second kappa shape index (κ2) is 7.40. The molecule has 7 heteroatoms. The van der Waals surface area contributed by atoms with Gasteiger partial charge in [-0.2, -0.15) is 0 Å². The number of hydrogen-bond acceptors (Lipinski definition) is 5. The van der Waals surface area contributed by atoms with Crippen LogP contribution in [0.1, 0.15) is 53.6 Å². The zero-order chi connectivity index (χ0) is 19.0. The Bertz CT molecular complexity index is 772. The molecule has 4 N–H and O–H groups in total. The van der Waals surface area contributed by atoms with Crippen molar-refractivity contribution in [2.45, 2.75) is 57.3 Å². The van der Waals surface area contributed by atoms with Crippen molar-refractivity contribution in [3.05, 3.63) is 34.9 Å². The largest absolute Gasteiger partial charge is 0.328 e. The monoisotopic (exact) mass is 370 g/mol. The molecule has 1 saturated carbocycles. The lowest BCUT2D eigenvalue weighted by Gasteiger charge is -2.32. The van der Waals surface area contributed by atoms with Gasteiger partial charge in [-0.05, 0) is 55.3 Å². The van der Waals surface area contributed by atoms with E-state index in [9.17, 15) is 14.4 Å².